The summed E-state index contributed by atoms with van der Waals surface area (Å²) in [6.07, 6.45) is 0.684. The molecule has 1 aliphatic heterocycles. The Bertz CT molecular complexity index is 537. The van der Waals surface area contributed by atoms with Crippen LogP contribution in [0.15, 0.2) is 18.2 Å². The second-order valence-corrected chi connectivity index (χ2v) is 3.56. The van der Waals surface area contributed by atoms with E-state index in [1.807, 2.05) is 7.05 Å². The highest BCUT2D eigenvalue weighted by Crippen LogP contribution is 2.22. The standard InChI is InChI=1S/C13H11NO3/c1-14-8-3-2-5-9-6-4-7-10-11(9)13(16)17-12(10)15/h4,6-7,14H,3,8H2,1H3. The molecule has 1 N–H and O–H groups in total. The summed E-state index contributed by atoms with van der Waals surface area (Å²) in [6, 6.07) is 4.98. The lowest BCUT2D eigenvalue weighted by Gasteiger charge is -1.95. The summed E-state index contributed by atoms with van der Waals surface area (Å²) in [7, 11) is 1.85. The monoisotopic (exact) mass is 229 g/mol. The van der Waals surface area contributed by atoms with Crippen molar-refractivity contribution in [2.45, 2.75) is 6.42 Å². The molecule has 1 aliphatic rings. The van der Waals surface area contributed by atoms with Crippen molar-refractivity contribution in [1.29, 1.82) is 0 Å². The summed E-state index contributed by atoms with van der Waals surface area (Å²) in [5.41, 5.74) is 1.14. The molecule has 0 amide bonds. The van der Waals surface area contributed by atoms with Gasteiger partial charge in [0.15, 0.2) is 0 Å². The minimum absolute atomic E-state index is 0.287. The van der Waals surface area contributed by atoms with E-state index in [9.17, 15) is 9.59 Å². The lowest BCUT2D eigenvalue weighted by molar-refractivity contribution is 0.0444. The average Bonchev–Trinajstić information content (AvgIpc) is 2.62. The first-order valence-electron chi connectivity index (χ1n) is 5.27. The van der Waals surface area contributed by atoms with E-state index in [2.05, 4.69) is 21.9 Å². The lowest BCUT2D eigenvalue weighted by atomic mass is 10.0. The number of carbonyl (C=O) groups excluding carboxylic acids is 2. The predicted octanol–water partition coefficient (Wildman–Crippen LogP) is 0.958. The zero-order valence-electron chi connectivity index (χ0n) is 9.37. The van der Waals surface area contributed by atoms with E-state index >= 15 is 0 Å². The number of nitrogens with one attached hydrogen (secondary N) is 1. The van der Waals surface area contributed by atoms with Crippen molar-refractivity contribution in [1.82, 2.24) is 5.32 Å². The molecule has 0 fully saturated rings. The summed E-state index contributed by atoms with van der Waals surface area (Å²) >= 11 is 0. The Morgan fingerprint density at radius 3 is 2.88 bits per heavy atom. The summed E-state index contributed by atoms with van der Waals surface area (Å²) in [5, 5.41) is 2.97. The van der Waals surface area contributed by atoms with E-state index in [4.69, 9.17) is 0 Å². The summed E-state index contributed by atoms with van der Waals surface area (Å²) in [5.74, 6) is 4.62. The molecular weight excluding hydrogens is 218 g/mol. The Morgan fingerprint density at radius 2 is 2.12 bits per heavy atom. The molecular formula is C13H11NO3. The zero-order chi connectivity index (χ0) is 12.3. The van der Waals surface area contributed by atoms with Crippen LogP contribution < -0.4 is 5.32 Å². The molecule has 0 bridgehead atoms. The number of fused-ring (bicyclic) bond motifs is 1. The topological polar surface area (TPSA) is 55.4 Å². The van der Waals surface area contributed by atoms with Gasteiger partial charge in [0.2, 0.25) is 0 Å². The van der Waals surface area contributed by atoms with Gasteiger partial charge in [-0.2, -0.15) is 0 Å². The molecule has 0 unspecified atom stereocenters. The highest BCUT2D eigenvalue weighted by molar-refractivity contribution is 6.15. The van der Waals surface area contributed by atoms with Crippen LogP contribution in [0.3, 0.4) is 0 Å². The molecule has 0 saturated heterocycles. The molecule has 0 spiro atoms. The fourth-order valence-corrected chi connectivity index (χ4v) is 1.58. The van der Waals surface area contributed by atoms with E-state index < -0.39 is 11.9 Å². The smallest absolute Gasteiger partial charge is 0.348 e. The van der Waals surface area contributed by atoms with Crippen molar-refractivity contribution < 1.29 is 14.3 Å². The highest BCUT2D eigenvalue weighted by Gasteiger charge is 2.31. The van der Waals surface area contributed by atoms with Crippen LogP contribution in [0, 0.1) is 11.8 Å². The predicted molar refractivity (Wildman–Crippen MR) is 61.6 cm³/mol. The fourth-order valence-electron chi connectivity index (χ4n) is 1.58. The van der Waals surface area contributed by atoms with Crippen LogP contribution in [-0.4, -0.2) is 25.5 Å². The third-order valence-corrected chi connectivity index (χ3v) is 2.40. The third kappa shape index (κ3) is 2.19. The number of esters is 2. The van der Waals surface area contributed by atoms with Gasteiger partial charge in [0.25, 0.3) is 0 Å². The second-order valence-electron chi connectivity index (χ2n) is 3.56. The molecule has 17 heavy (non-hydrogen) atoms. The van der Waals surface area contributed by atoms with Crippen LogP contribution in [0.4, 0.5) is 0 Å². The Labute approximate surface area is 99.0 Å². The number of ether oxygens (including phenoxy) is 1. The molecule has 4 nitrogen and oxygen atoms in total. The van der Waals surface area contributed by atoms with Crippen molar-refractivity contribution in [3.05, 3.63) is 34.9 Å². The number of cyclic esters (lactones) is 2. The van der Waals surface area contributed by atoms with Crippen molar-refractivity contribution in [3.63, 3.8) is 0 Å². The number of benzene rings is 1. The van der Waals surface area contributed by atoms with Gasteiger partial charge >= 0.3 is 11.9 Å². The minimum Gasteiger partial charge on any atom is -0.386 e. The average molecular weight is 229 g/mol. The van der Waals surface area contributed by atoms with Crippen molar-refractivity contribution in [3.8, 4) is 11.8 Å². The number of hydrogen-bond acceptors (Lipinski definition) is 4. The summed E-state index contributed by atoms with van der Waals surface area (Å²) < 4.78 is 4.54. The molecule has 0 radical (unpaired) electrons. The lowest BCUT2D eigenvalue weighted by Crippen LogP contribution is -2.06. The normalized spacial score (nSPS) is 12.8. The first kappa shape index (κ1) is 11.4. The van der Waals surface area contributed by atoms with Crippen LogP contribution in [0.5, 0.6) is 0 Å². The quantitative estimate of drug-likeness (QED) is 0.355. The van der Waals surface area contributed by atoms with E-state index in [0.717, 1.165) is 6.54 Å². The van der Waals surface area contributed by atoms with E-state index in [1.165, 1.54) is 0 Å². The maximum absolute atomic E-state index is 11.5. The molecule has 0 aromatic heterocycles. The maximum atomic E-state index is 11.5. The van der Waals surface area contributed by atoms with Gasteiger partial charge in [-0.3, -0.25) is 0 Å². The van der Waals surface area contributed by atoms with Gasteiger partial charge in [0, 0.05) is 18.5 Å². The van der Waals surface area contributed by atoms with Crippen molar-refractivity contribution in [2.24, 2.45) is 0 Å². The van der Waals surface area contributed by atoms with Crippen LogP contribution in [-0.2, 0) is 4.74 Å². The van der Waals surface area contributed by atoms with E-state index in [0.29, 0.717) is 17.5 Å². The third-order valence-electron chi connectivity index (χ3n) is 2.40. The van der Waals surface area contributed by atoms with Crippen molar-refractivity contribution >= 4 is 11.9 Å². The number of hydrogen-bond donors (Lipinski definition) is 1. The van der Waals surface area contributed by atoms with Gasteiger partial charge in [0.1, 0.15) is 0 Å². The number of carbonyl (C=O) groups is 2. The Morgan fingerprint density at radius 1 is 1.29 bits per heavy atom. The van der Waals surface area contributed by atoms with Gasteiger partial charge in [0.05, 0.1) is 11.1 Å². The van der Waals surface area contributed by atoms with Crippen molar-refractivity contribution in [2.75, 3.05) is 13.6 Å². The molecule has 1 aromatic carbocycles. The van der Waals surface area contributed by atoms with Gasteiger partial charge in [-0.1, -0.05) is 17.9 Å². The van der Waals surface area contributed by atoms with Crippen LogP contribution in [0.25, 0.3) is 0 Å². The molecule has 0 aliphatic carbocycles. The summed E-state index contributed by atoms with van der Waals surface area (Å²) in [4.78, 5) is 22.8. The van der Waals surface area contributed by atoms with Gasteiger partial charge in [-0.15, -0.1) is 0 Å². The highest BCUT2D eigenvalue weighted by atomic mass is 16.6. The Balaban J connectivity index is 2.33. The molecule has 0 saturated carbocycles. The first-order chi connectivity index (χ1) is 8.24. The zero-order valence-corrected chi connectivity index (χ0v) is 9.37. The first-order valence-corrected chi connectivity index (χ1v) is 5.27. The molecule has 0 atom stereocenters. The Hall–Kier alpha value is -2.12. The minimum atomic E-state index is -0.608. The second kappa shape index (κ2) is 4.81. The van der Waals surface area contributed by atoms with Crippen LogP contribution in [0.2, 0.25) is 0 Å². The summed E-state index contributed by atoms with van der Waals surface area (Å²) in [6.45, 7) is 0.783. The Kier molecular flexibility index (Phi) is 3.22. The molecule has 4 heteroatoms. The SMILES string of the molecule is CNCCC#Cc1cccc2c1C(=O)OC2=O. The fraction of sp³-hybridized carbons (Fsp3) is 0.231. The van der Waals surface area contributed by atoms with Gasteiger partial charge < -0.3 is 10.1 Å². The molecule has 1 heterocycles. The molecule has 1 aromatic rings. The largest absolute Gasteiger partial charge is 0.386 e. The van der Waals surface area contributed by atoms with Crippen LogP contribution in [0.1, 0.15) is 32.7 Å². The van der Waals surface area contributed by atoms with Crippen LogP contribution >= 0.6 is 0 Å². The van der Waals surface area contributed by atoms with E-state index in [1.54, 1.807) is 18.2 Å². The van der Waals surface area contributed by atoms with Gasteiger partial charge in [-0.05, 0) is 19.2 Å². The van der Waals surface area contributed by atoms with E-state index in [-0.39, 0.29) is 5.56 Å². The molecule has 2 rings (SSSR count). The van der Waals surface area contributed by atoms with Gasteiger partial charge in [-0.25, -0.2) is 9.59 Å². The molecule has 86 valence electrons. The number of rotatable bonds is 2. The maximum Gasteiger partial charge on any atom is 0.348 e.